The van der Waals surface area contributed by atoms with Gasteiger partial charge >= 0.3 is 0 Å². The van der Waals surface area contributed by atoms with E-state index in [0.717, 1.165) is 44.1 Å². The summed E-state index contributed by atoms with van der Waals surface area (Å²) < 4.78 is 27.2. The molecule has 2 aliphatic rings. The molecule has 0 aromatic carbocycles. The van der Waals surface area contributed by atoms with Gasteiger partial charge < -0.3 is 4.57 Å². The van der Waals surface area contributed by atoms with Gasteiger partial charge in [0.15, 0.2) is 0 Å². The first-order valence-corrected chi connectivity index (χ1v) is 10.4. The Hall–Kier alpha value is -0.990. The van der Waals surface area contributed by atoms with E-state index in [9.17, 15) is 8.42 Å². The summed E-state index contributed by atoms with van der Waals surface area (Å²) in [6, 6.07) is 0. The van der Waals surface area contributed by atoms with Crippen LogP contribution >= 0.6 is 0 Å². The average Bonchev–Trinajstić information content (AvgIpc) is 2.89. The molecule has 1 atom stereocenters. The second kappa shape index (κ2) is 6.86. The van der Waals surface area contributed by atoms with E-state index in [1.165, 1.54) is 25.5 Å². The SMILES string of the molecule is Cn1c(CN2CCCCC2)nnc1[C@H]1CCCN(S(C)(=O)=O)C1. The Morgan fingerprint density at radius 2 is 1.83 bits per heavy atom. The lowest BCUT2D eigenvalue weighted by atomic mass is 9.99. The van der Waals surface area contributed by atoms with Crippen molar-refractivity contribution in [3.8, 4) is 0 Å². The lowest BCUT2D eigenvalue weighted by Gasteiger charge is -2.30. The summed E-state index contributed by atoms with van der Waals surface area (Å²) in [6.07, 6.45) is 6.98. The van der Waals surface area contributed by atoms with Crippen molar-refractivity contribution < 1.29 is 8.42 Å². The van der Waals surface area contributed by atoms with Crippen molar-refractivity contribution in [2.75, 3.05) is 32.4 Å². The van der Waals surface area contributed by atoms with Crippen molar-refractivity contribution in [1.29, 1.82) is 0 Å². The molecule has 0 saturated carbocycles. The molecule has 2 fully saturated rings. The molecule has 1 aromatic rings. The largest absolute Gasteiger partial charge is 0.317 e. The number of hydrogen-bond donors (Lipinski definition) is 0. The van der Waals surface area contributed by atoms with Crippen LogP contribution in [0.2, 0.25) is 0 Å². The smallest absolute Gasteiger partial charge is 0.211 e. The minimum absolute atomic E-state index is 0.145. The first kappa shape index (κ1) is 16.9. The topological polar surface area (TPSA) is 71.3 Å². The number of aromatic nitrogens is 3. The van der Waals surface area contributed by atoms with Gasteiger partial charge in [-0.2, -0.15) is 0 Å². The molecule has 3 heterocycles. The molecule has 1 aromatic heterocycles. The van der Waals surface area contributed by atoms with E-state index in [0.29, 0.717) is 13.1 Å². The van der Waals surface area contributed by atoms with Crippen molar-refractivity contribution in [3.05, 3.63) is 11.6 Å². The minimum Gasteiger partial charge on any atom is -0.317 e. The highest BCUT2D eigenvalue weighted by molar-refractivity contribution is 7.88. The molecular formula is C15H27N5O2S. The molecule has 0 N–H and O–H groups in total. The lowest BCUT2D eigenvalue weighted by molar-refractivity contribution is 0.213. The van der Waals surface area contributed by atoms with Gasteiger partial charge in [0.25, 0.3) is 0 Å². The molecule has 0 amide bonds. The van der Waals surface area contributed by atoms with Crippen LogP contribution in [0.4, 0.5) is 0 Å². The Kier molecular flexibility index (Phi) is 5.03. The Bertz CT molecular complexity index is 636. The van der Waals surface area contributed by atoms with E-state index in [1.54, 1.807) is 4.31 Å². The van der Waals surface area contributed by atoms with Crippen molar-refractivity contribution in [2.45, 2.75) is 44.6 Å². The van der Waals surface area contributed by atoms with Crippen molar-refractivity contribution in [3.63, 3.8) is 0 Å². The maximum absolute atomic E-state index is 11.8. The highest BCUT2D eigenvalue weighted by Crippen LogP contribution is 2.27. The number of rotatable bonds is 4. The van der Waals surface area contributed by atoms with E-state index in [4.69, 9.17) is 0 Å². The van der Waals surface area contributed by atoms with Crippen LogP contribution in [0.25, 0.3) is 0 Å². The molecule has 2 saturated heterocycles. The number of nitrogens with zero attached hydrogens (tertiary/aromatic N) is 5. The maximum Gasteiger partial charge on any atom is 0.211 e. The summed E-state index contributed by atoms with van der Waals surface area (Å²) in [7, 11) is -1.12. The first-order chi connectivity index (χ1) is 10.9. The van der Waals surface area contributed by atoms with Crippen molar-refractivity contribution in [2.24, 2.45) is 7.05 Å². The summed E-state index contributed by atoms with van der Waals surface area (Å²) in [5.41, 5.74) is 0. The number of sulfonamides is 1. The van der Waals surface area contributed by atoms with Crippen LogP contribution in [-0.4, -0.2) is 64.8 Å². The normalized spacial score (nSPS) is 24.9. The average molecular weight is 341 g/mol. The summed E-state index contributed by atoms with van der Waals surface area (Å²) in [6.45, 7) is 4.25. The summed E-state index contributed by atoms with van der Waals surface area (Å²) in [5.74, 6) is 2.05. The fraction of sp³-hybridized carbons (Fsp3) is 0.867. The Morgan fingerprint density at radius 1 is 1.09 bits per heavy atom. The zero-order valence-corrected chi connectivity index (χ0v) is 14.9. The quantitative estimate of drug-likeness (QED) is 0.815. The fourth-order valence-corrected chi connectivity index (χ4v) is 4.55. The first-order valence-electron chi connectivity index (χ1n) is 8.51. The molecule has 0 unspecified atom stereocenters. The number of hydrogen-bond acceptors (Lipinski definition) is 5. The van der Waals surface area contributed by atoms with Crippen molar-refractivity contribution in [1.82, 2.24) is 24.0 Å². The van der Waals surface area contributed by atoms with Gasteiger partial charge in [-0.25, -0.2) is 12.7 Å². The molecule has 0 bridgehead atoms. The zero-order chi connectivity index (χ0) is 16.4. The van der Waals surface area contributed by atoms with Crippen LogP contribution in [0.5, 0.6) is 0 Å². The van der Waals surface area contributed by atoms with Crippen LogP contribution in [0, 0.1) is 0 Å². The van der Waals surface area contributed by atoms with Gasteiger partial charge in [-0.1, -0.05) is 6.42 Å². The molecule has 130 valence electrons. The summed E-state index contributed by atoms with van der Waals surface area (Å²) in [4.78, 5) is 2.43. The number of piperidine rings is 2. The molecule has 2 aliphatic heterocycles. The van der Waals surface area contributed by atoms with Crippen LogP contribution in [-0.2, 0) is 23.6 Å². The highest BCUT2D eigenvalue weighted by Gasteiger charge is 2.30. The predicted octanol–water partition coefficient (Wildman–Crippen LogP) is 0.940. The van der Waals surface area contributed by atoms with Crippen LogP contribution in [0.3, 0.4) is 0 Å². The van der Waals surface area contributed by atoms with Gasteiger partial charge in [0, 0.05) is 26.1 Å². The van der Waals surface area contributed by atoms with Gasteiger partial charge in [-0.05, 0) is 38.8 Å². The lowest BCUT2D eigenvalue weighted by Crippen LogP contribution is -2.39. The Morgan fingerprint density at radius 3 is 2.52 bits per heavy atom. The van der Waals surface area contributed by atoms with E-state index < -0.39 is 10.0 Å². The van der Waals surface area contributed by atoms with Crippen LogP contribution in [0.1, 0.15) is 49.7 Å². The fourth-order valence-electron chi connectivity index (χ4n) is 3.64. The van der Waals surface area contributed by atoms with Crippen LogP contribution < -0.4 is 0 Å². The van der Waals surface area contributed by atoms with Crippen molar-refractivity contribution >= 4 is 10.0 Å². The second-order valence-corrected chi connectivity index (χ2v) is 8.81. The zero-order valence-electron chi connectivity index (χ0n) is 14.1. The third-order valence-electron chi connectivity index (χ3n) is 5.03. The molecular weight excluding hydrogens is 314 g/mol. The standard InChI is InChI=1S/C15H27N5O2S/c1-18-14(12-19-8-4-3-5-9-19)16-17-15(18)13-7-6-10-20(11-13)23(2,21)22/h13H,3-12H2,1-2H3/t13-/m0/s1. The second-order valence-electron chi connectivity index (χ2n) is 6.83. The van der Waals surface area contributed by atoms with Gasteiger partial charge in [0.05, 0.1) is 12.8 Å². The third-order valence-corrected chi connectivity index (χ3v) is 6.30. The van der Waals surface area contributed by atoms with E-state index in [2.05, 4.69) is 19.7 Å². The molecule has 0 radical (unpaired) electrons. The molecule has 23 heavy (non-hydrogen) atoms. The van der Waals surface area contributed by atoms with Gasteiger partial charge in [-0.15, -0.1) is 10.2 Å². The van der Waals surface area contributed by atoms with Gasteiger partial charge in [-0.3, -0.25) is 4.90 Å². The monoisotopic (exact) mass is 341 g/mol. The van der Waals surface area contributed by atoms with E-state index in [1.807, 2.05) is 7.05 Å². The predicted molar refractivity (Wildman–Crippen MR) is 88.5 cm³/mol. The van der Waals surface area contributed by atoms with Gasteiger partial charge in [0.1, 0.15) is 11.6 Å². The van der Waals surface area contributed by atoms with Crippen LogP contribution in [0.15, 0.2) is 0 Å². The number of likely N-dealkylation sites (tertiary alicyclic amines) is 1. The Balaban J connectivity index is 1.70. The van der Waals surface area contributed by atoms with Gasteiger partial charge in [0.2, 0.25) is 10.0 Å². The highest BCUT2D eigenvalue weighted by atomic mass is 32.2. The summed E-state index contributed by atoms with van der Waals surface area (Å²) >= 11 is 0. The molecule has 7 nitrogen and oxygen atoms in total. The molecule has 0 spiro atoms. The van der Waals surface area contributed by atoms with E-state index in [-0.39, 0.29) is 5.92 Å². The van der Waals surface area contributed by atoms with E-state index >= 15 is 0 Å². The molecule has 3 rings (SSSR count). The molecule has 8 heteroatoms. The minimum atomic E-state index is -3.13. The summed E-state index contributed by atoms with van der Waals surface area (Å²) in [5, 5.41) is 8.76. The molecule has 0 aliphatic carbocycles. The third kappa shape index (κ3) is 3.92. The Labute approximate surface area is 138 Å². The maximum atomic E-state index is 11.8.